The molecule has 0 spiro atoms. The number of halogens is 2. The lowest BCUT2D eigenvalue weighted by Gasteiger charge is -2.24. The van der Waals surface area contributed by atoms with Gasteiger partial charge in [0.15, 0.2) is 0 Å². The van der Waals surface area contributed by atoms with Crippen LogP contribution in [0.2, 0.25) is 0 Å². The van der Waals surface area contributed by atoms with Crippen molar-refractivity contribution in [1.82, 2.24) is 29.9 Å². The lowest BCUT2D eigenvalue weighted by molar-refractivity contribution is -0.120. The molecule has 2 atom stereocenters. The van der Waals surface area contributed by atoms with Gasteiger partial charge in [-0.25, -0.2) is 23.1 Å². The second-order valence-electron chi connectivity index (χ2n) is 7.99. The van der Waals surface area contributed by atoms with Crippen LogP contribution in [0.4, 0.5) is 14.6 Å². The lowest BCUT2D eigenvalue weighted by atomic mass is 9.97. The highest BCUT2D eigenvalue weighted by Gasteiger charge is 2.32. The van der Waals surface area contributed by atoms with Crippen molar-refractivity contribution >= 4 is 17.6 Å². The average molecular weight is 441 g/mol. The first kappa shape index (κ1) is 20.3. The van der Waals surface area contributed by atoms with Crippen LogP contribution in [0.5, 0.6) is 0 Å². The molecule has 0 bridgehead atoms. The standard InChI is InChI=1S/C21H21F2N7O2/c1-28-18-7-9-24-29(18)10-8-15(21(28)32)25-20(31)19-26-17-4-2-3-16(30(17)27-19)13-11-12(22)5-6-14(13)23/h5-7,9,11,15-16H,2-4,8,10H2,1H3,(H,25,31)/t15-,16?/m0/s1. The summed E-state index contributed by atoms with van der Waals surface area (Å²) in [6, 6.07) is 3.73. The quantitative estimate of drug-likeness (QED) is 0.669. The van der Waals surface area contributed by atoms with E-state index in [0.29, 0.717) is 43.9 Å². The third-order valence-electron chi connectivity index (χ3n) is 6.00. The fourth-order valence-electron chi connectivity index (χ4n) is 4.37. The lowest BCUT2D eigenvalue weighted by Crippen LogP contribution is -2.47. The monoisotopic (exact) mass is 441 g/mol. The van der Waals surface area contributed by atoms with Crippen LogP contribution in [0, 0.1) is 11.6 Å². The number of hydrogen-bond acceptors (Lipinski definition) is 5. The van der Waals surface area contributed by atoms with Crippen LogP contribution < -0.4 is 10.2 Å². The fourth-order valence-corrected chi connectivity index (χ4v) is 4.37. The largest absolute Gasteiger partial charge is 0.337 e. The van der Waals surface area contributed by atoms with Crippen molar-refractivity contribution in [1.29, 1.82) is 0 Å². The SMILES string of the molecule is CN1C(=O)[C@@H](NC(=O)c2nc3n(n2)C(c2cc(F)ccc2F)CCC3)CCn2nccc21. The van der Waals surface area contributed by atoms with Crippen LogP contribution in [-0.4, -0.2) is 49.4 Å². The molecule has 166 valence electrons. The number of carbonyl (C=O) groups excluding carboxylic acids is 2. The number of aryl methyl sites for hydroxylation is 2. The molecule has 2 aliphatic heterocycles. The zero-order valence-corrected chi connectivity index (χ0v) is 17.3. The molecule has 0 fully saturated rings. The van der Waals surface area contributed by atoms with Crippen LogP contribution in [0.1, 0.15) is 47.3 Å². The van der Waals surface area contributed by atoms with E-state index < -0.39 is 29.6 Å². The zero-order valence-electron chi connectivity index (χ0n) is 17.3. The summed E-state index contributed by atoms with van der Waals surface area (Å²) in [7, 11) is 1.63. The number of anilines is 1. The van der Waals surface area contributed by atoms with Crippen molar-refractivity contribution < 1.29 is 18.4 Å². The van der Waals surface area contributed by atoms with Gasteiger partial charge in [0, 0.05) is 31.6 Å². The first-order chi connectivity index (χ1) is 15.4. The van der Waals surface area contributed by atoms with Gasteiger partial charge >= 0.3 is 0 Å². The number of hydrogen-bond donors (Lipinski definition) is 1. The van der Waals surface area contributed by atoms with Gasteiger partial charge in [-0.15, -0.1) is 5.10 Å². The number of nitrogens with one attached hydrogen (secondary N) is 1. The highest BCUT2D eigenvalue weighted by molar-refractivity contribution is 6.00. The molecule has 2 aromatic heterocycles. The maximum Gasteiger partial charge on any atom is 0.291 e. The molecule has 32 heavy (non-hydrogen) atoms. The number of aromatic nitrogens is 5. The summed E-state index contributed by atoms with van der Waals surface area (Å²) >= 11 is 0. The molecule has 9 nitrogen and oxygen atoms in total. The van der Waals surface area contributed by atoms with E-state index in [-0.39, 0.29) is 17.3 Å². The van der Waals surface area contributed by atoms with Gasteiger partial charge in [0.25, 0.3) is 11.8 Å². The number of nitrogens with zero attached hydrogens (tertiary/aromatic N) is 6. The number of amides is 2. The van der Waals surface area contributed by atoms with E-state index in [2.05, 4.69) is 20.5 Å². The van der Waals surface area contributed by atoms with E-state index in [1.807, 2.05) is 0 Å². The Morgan fingerprint density at radius 3 is 2.91 bits per heavy atom. The Labute approximate surface area is 182 Å². The maximum absolute atomic E-state index is 14.4. The van der Waals surface area contributed by atoms with E-state index in [4.69, 9.17) is 0 Å². The van der Waals surface area contributed by atoms with Crippen molar-refractivity contribution in [2.75, 3.05) is 11.9 Å². The minimum absolute atomic E-state index is 0.0962. The summed E-state index contributed by atoms with van der Waals surface area (Å²) in [4.78, 5) is 31.5. The third kappa shape index (κ3) is 3.43. The van der Waals surface area contributed by atoms with E-state index >= 15 is 0 Å². The number of rotatable bonds is 3. The van der Waals surface area contributed by atoms with Gasteiger partial charge in [0.2, 0.25) is 5.82 Å². The topological polar surface area (TPSA) is 97.9 Å². The Bertz CT molecular complexity index is 1200. The van der Waals surface area contributed by atoms with Crippen LogP contribution in [0.25, 0.3) is 0 Å². The summed E-state index contributed by atoms with van der Waals surface area (Å²) in [5.74, 6) is -0.834. The van der Waals surface area contributed by atoms with Crippen LogP contribution >= 0.6 is 0 Å². The Hall–Kier alpha value is -3.63. The second-order valence-corrected chi connectivity index (χ2v) is 7.99. The summed E-state index contributed by atoms with van der Waals surface area (Å²) in [5, 5.41) is 11.2. The molecule has 0 saturated heterocycles. The smallest absolute Gasteiger partial charge is 0.291 e. The fraction of sp³-hybridized carbons (Fsp3) is 0.381. The number of benzene rings is 1. The van der Waals surface area contributed by atoms with Gasteiger partial charge < -0.3 is 5.32 Å². The molecular weight excluding hydrogens is 420 g/mol. The predicted molar refractivity (Wildman–Crippen MR) is 109 cm³/mol. The van der Waals surface area contributed by atoms with Gasteiger partial charge in [-0.05, 0) is 37.5 Å². The van der Waals surface area contributed by atoms with Crippen molar-refractivity contribution in [2.45, 2.75) is 44.3 Å². The number of likely N-dealkylation sites (N-methyl/N-ethyl adjacent to an activating group) is 1. The summed E-state index contributed by atoms with van der Waals surface area (Å²) in [6.07, 6.45) is 3.82. The zero-order chi connectivity index (χ0) is 22.4. The van der Waals surface area contributed by atoms with Crippen molar-refractivity contribution in [2.24, 2.45) is 0 Å². The minimum atomic E-state index is -0.758. The second kappa shape index (κ2) is 7.81. The van der Waals surface area contributed by atoms with Gasteiger partial charge in [0.05, 0.1) is 12.2 Å². The van der Waals surface area contributed by atoms with E-state index in [9.17, 15) is 18.4 Å². The number of carbonyl (C=O) groups is 2. The molecule has 0 saturated carbocycles. The van der Waals surface area contributed by atoms with Crippen LogP contribution in [-0.2, 0) is 17.8 Å². The Morgan fingerprint density at radius 1 is 1.22 bits per heavy atom. The van der Waals surface area contributed by atoms with E-state index in [0.717, 1.165) is 18.2 Å². The molecule has 4 heterocycles. The molecular formula is C21H21F2N7O2. The highest BCUT2D eigenvalue weighted by Crippen LogP contribution is 2.31. The summed E-state index contributed by atoms with van der Waals surface area (Å²) in [5.41, 5.74) is 0.179. The average Bonchev–Trinajstić information content (AvgIpc) is 3.42. The Balaban J connectivity index is 1.38. The summed E-state index contributed by atoms with van der Waals surface area (Å²) in [6.45, 7) is 0.470. The van der Waals surface area contributed by atoms with Crippen molar-refractivity contribution in [3.05, 3.63) is 59.3 Å². The molecule has 2 aliphatic rings. The van der Waals surface area contributed by atoms with Gasteiger partial charge in [-0.3, -0.25) is 14.5 Å². The Kier molecular flexibility index (Phi) is 4.95. The van der Waals surface area contributed by atoms with Crippen molar-refractivity contribution in [3.8, 4) is 0 Å². The maximum atomic E-state index is 14.4. The third-order valence-corrected chi connectivity index (χ3v) is 6.00. The molecule has 1 unspecified atom stereocenters. The highest BCUT2D eigenvalue weighted by atomic mass is 19.1. The normalized spacial score (nSPS) is 20.5. The minimum Gasteiger partial charge on any atom is -0.337 e. The molecule has 2 amide bonds. The van der Waals surface area contributed by atoms with Gasteiger partial charge in [-0.1, -0.05) is 0 Å². The van der Waals surface area contributed by atoms with Crippen LogP contribution in [0.3, 0.4) is 0 Å². The molecule has 11 heteroatoms. The van der Waals surface area contributed by atoms with Crippen LogP contribution in [0.15, 0.2) is 30.5 Å². The number of fused-ring (bicyclic) bond motifs is 2. The van der Waals surface area contributed by atoms with E-state index in [1.54, 1.807) is 24.0 Å². The predicted octanol–water partition coefficient (Wildman–Crippen LogP) is 1.84. The van der Waals surface area contributed by atoms with Gasteiger partial charge in [0.1, 0.15) is 29.3 Å². The molecule has 3 aromatic rings. The van der Waals surface area contributed by atoms with Crippen molar-refractivity contribution in [3.63, 3.8) is 0 Å². The first-order valence-corrected chi connectivity index (χ1v) is 10.4. The molecule has 1 aromatic carbocycles. The molecule has 0 aliphatic carbocycles. The summed E-state index contributed by atoms with van der Waals surface area (Å²) < 4.78 is 31.3. The van der Waals surface area contributed by atoms with E-state index in [1.165, 1.54) is 9.58 Å². The van der Waals surface area contributed by atoms with Gasteiger partial charge in [-0.2, -0.15) is 5.10 Å². The molecule has 1 N–H and O–H groups in total. The molecule has 5 rings (SSSR count). The first-order valence-electron chi connectivity index (χ1n) is 10.4. The Morgan fingerprint density at radius 2 is 2.06 bits per heavy atom. The molecule has 0 radical (unpaired) electrons.